The van der Waals surface area contributed by atoms with Gasteiger partial charge in [-0.1, -0.05) is 19.3 Å². The summed E-state index contributed by atoms with van der Waals surface area (Å²) in [6, 6.07) is 0.995. The topological polar surface area (TPSA) is 50.4 Å². The zero-order chi connectivity index (χ0) is 10.7. The van der Waals surface area contributed by atoms with Crippen molar-refractivity contribution in [3.63, 3.8) is 0 Å². The van der Waals surface area contributed by atoms with Crippen molar-refractivity contribution in [2.45, 2.75) is 64.0 Å². The molecule has 0 saturated heterocycles. The summed E-state index contributed by atoms with van der Waals surface area (Å²) < 4.78 is 0. The summed E-state index contributed by atoms with van der Waals surface area (Å²) in [6.45, 7) is 2.22. The highest BCUT2D eigenvalue weighted by Crippen LogP contribution is 2.29. The van der Waals surface area contributed by atoms with Crippen molar-refractivity contribution < 1.29 is 0 Å². The summed E-state index contributed by atoms with van der Waals surface area (Å²) in [6.07, 6.45) is 9.17. The van der Waals surface area contributed by atoms with Crippen LogP contribution in [0.4, 0.5) is 0 Å². The molecular weight excluding hydrogens is 186 g/mol. The standard InChI is InChI=1S/C12H23N3/c1-9(10-5-4-6-10)14-12(13)15-11-7-2-3-8-11/h9-11H,2-8H2,1H3,(H3,13,14,15). The fourth-order valence-corrected chi connectivity index (χ4v) is 2.56. The molecule has 2 aliphatic rings. The second kappa shape index (κ2) is 4.86. The van der Waals surface area contributed by atoms with Gasteiger partial charge in [-0.15, -0.1) is 0 Å². The molecule has 0 aliphatic heterocycles. The van der Waals surface area contributed by atoms with Gasteiger partial charge in [-0.2, -0.15) is 0 Å². The molecule has 1 unspecified atom stereocenters. The van der Waals surface area contributed by atoms with Gasteiger partial charge in [0, 0.05) is 6.04 Å². The van der Waals surface area contributed by atoms with Gasteiger partial charge < -0.3 is 11.1 Å². The zero-order valence-electron chi connectivity index (χ0n) is 9.71. The maximum atomic E-state index is 5.91. The fraction of sp³-hybridized carbons (Fsp3) is 0.917. The van der Waals surface area contributed by atoms with E-state index in [0.29, 0.717) is 18.0 Å². The molecule has 2 rings (SSSR count). The molecule has 2 saturated carbocycles. The molecule has 2 aliphatic carbocycles. The lowest BCUT2D eigenvalue weighted by Gasteiger charge is -2.32. The summed E-state index contributed by atoms with van der Waals surface area (Å²) in [5, 5.41) is 3.34. The lowest BCUT2D eigenvalue weighted by atomic mass is 9.80. The number of hydrogen-bond donors (Lipinski definition) is 2. The van der Waals surface area contributed by atoms with E-state index in [9.17, 15) is 0 Å². The van der Waals surface area contributed by atoms with Gasteiger partial charge in [0.05, 0.1) is 6.04 Å². The lowest BCUT2D eigenvalue weighted by Crippen LogP contribution is -2.44. The summed E-state index contributed by atoms with van der Waals surface area (Å²) >= 11 is 0. The average Bonchev–Trinajstić information content (AvgIpc) is 2.52. The van der Waals surface area contributed by atoms with E-state index in [-0.39, 0.29) is 0 Å². The van der Waals surface area contributed by atoms with Crippen molar-refractivity contribution in [1.29, 1.82) is 0 Å². The second-order valence-electron chi connectivity index (χ2n) is 5.08. The maximum absolute atomic E-state index is 5.91. The molecule has 86 valence electrons. The molecule has 0 spiro atoms. The van der Waals surface area contributed by atoms with Crippen molar-refractivity contribution in [2.75, 3.05) is 0 Å². The predicted octanol–water partition coefficient (Wildman–Crippen LogP) is 2.02. The quantitative estimate of drug-likeness (QED) is 0.552. The van der Waals surface area contributed by atoms with Gasteiger partial charge in [-0.05, 0) is 38.5 Å². The van der Waals surface area contributed by atoms with Crippen LogP contribution in [0.3, 0.4) is 0 Å². The van der Waals surface area contributed by atoms with Crippen molar-refractivity contribution in [1.82, 2.24) is 5.32 Å². The Labute approximate surface area is 92.5 Å². The van der Waals surface area contributed by atoms with Crippen LogP contribution in [0.15, 0.2) is 4.99 Å². The van der Waals surface area contributed by atoms with E-state index in [1.54, 1.807) is 0 Å². The molecule has 0 radical (unpaired) electrons. The van der Waals surface area contributed by atoms with Crippen LogP contribution in [-0.4, -0.2) is 18.0 Å². The van der Waals surface area contributed by atoms with Crippen molar-refractivity contribution in [3.05, 3.63) is 0 Å². The van der Waals surface area contributed by atoms with Crippen molar-refractivity contribution in [3.8, 4) is 0 Å². The van der Waals surface area contributed by atoms with E-state index in [0.717, 1.165) is 5.92 Å². The molecule has 2 fully saturated rings. The van der Waals surface area contributed by atoms with Crippen molar-refractivity contribution >= 4 is 5.96 Å². The molecule has 0 amide bonds. The van der Waals surface area contributed by atoms with Crippen LogP contribution in [0, 0.1) is 5.92 Å². The first-order chi connectivity index (χ1) is 7.25. The molecule has 0 aromatic heterocycles. The average molecular weight is 209 g/mol. The minimum Gasteiger partial charge on any atom is -0.370 e. The second-order valence-corrected chi connectivity index (χ2v) is 5.08. The smallest absolute Gasteiger partial charge is 0.189 e. The van der Waals surface area contributed by atoms with Gasteiger partial charge in [-0.25, -0.2) is 0 Å². The minimum absolute atomic E-state index is 0.492. The number of hydrogen-bond acceptors (Lipinski definition) is 1. The molecule has 0 heterocycles. The van der Waals surface area contributed by atoms with Gasteiger partial charge >= 0.3 is 0 Å². The van der Waals surface area contributed by atoms with Gasteiger partial charge in [0.15, 0.2) is 5.96 Å². The Hall–Kier alpha value is -0.730. The molecule has 0 aromatic rings. The van der Waals surface area contributed by atoms with Crippen molar-refractivity contribution in [2.24, 2.45) is 16.6 Å². The van der Waals surface area contributed by atoms with Gasteiger partial charge in [0.2, 0.25) is 0 Å². The van der Waals surface area contributed by atoms with Crippen LogP contribution in [-0.2, 0) is 0 Å². The predicted molar refractivity (Wildman–Crippen MR) is 63.8 cm³/mol. The Morgan fingerprint density at radius 1 is 1.20 bits per heavy atom. The van der Waals surface area contributed by atoms with Crippen LogP contribution < -0.4 is 11.1 Å². The van der Waals surface area contributed by atoms with Crippen LogP contribution in [0.1, 0.15) is 51.9 Å². The van der Waals surface area contributed by atoms with E-state index in [1.807, 2.05) is 0 Å². The monoisotopic (exact) mass is 209 g/mol. The van der Waals surface area contributed by atoms with E-state index in [4.69, 9.17) is 5.73 Å². The highest BCUT2D eigenvalue weighted by Gasteiger charge is 2.24. The minimum atomic E-state index is 0.492. The number of nitrogens with two attached hydrogens (primary N) is 1. The number of rotatable bonds is 3. The highest BCUT2D eigenvalue weighted by atomic mass is 15.1. The van der Waals surface area contributed by atoms with Crippen LogP contribution in [0.2, 0.25) is 0 Å². The van der Waals surface area contributed by atoms with E-state index in [2.05, 4.69) is 17.2 Å². The summed E-state index contributed by atoms with van der Waals surface area (Å²) in [7, 11) is 0. The largest absolute Gasteiger partial charge is 0.370 e. The highest BCUT2D eigenvalue weighted by molar-refractivity contribution is 5.78. The molecule has 0 aromatic carbocycles. The molecule has 3 heteroatoms. The normalized spacial score (nSPS) is 26.3. The molecular formula is C12H23N3. The third kappa shape index (κ3) is 2.86. The Morgan fingerprint density at radius 2 is 1.87 bits per heavy atom. The summed E-state index contributed by atoms with van der Waals surface area (Å²) in [5.74, 6) is 1.49. The maximum Gasteiger partial charge on any atom is 0.189 e. The Kier molecular flexibility index (Phi) is 3.49. The van der Waals surface area contributed by atoms with Gasteiger partial charge in [0.25, 0.3) is 0 Å². The number of nitrogens with one attached hydrogen (secondary N) is 1. The van der Waals surface area contributed by atoms with Crippen LogP contribution >= 0.6 is 0 Å². The molecule has 3 nitrogen and oxygen atoms in total. The number of nitrogens with zero attached hydrogens (tertiary/aromatic N) is 1. The molecule has 1 atom stereocenters. The zero-order valence-corrected chi connectivity index (χ0v) is 9.71. The molecule has 0 bridgehead atoms. The number of aliphatic imine (C=N–C) groups is 1. The fourth-order valence-electron chi connectivity index (χ4n) is 2.56. The first kappa shape index (κ1) is 10.8. The van der Waals surface area contributed by atoms with Gasteiger partial charge in [-0.3, -0.25) is 4.99 Å². The lowest BCUT2D eigenvalue weighted by molar-refractivity contribution is 0.258. The number of guanidine groups is 1. The van der Waals surface area contributed by atoms with E-state index < -0.39 is 0 Å². The first-order valence-electron chi connectivity index (χ1n) is 6.35. The molecule has 15 heavy (non-hydrogen) atoms. The van der Waals surface area contributed by atoms with Crippen LogP contribution in [0.5, 0.6) is 0 Å². The third-order valence-corrected chi connectivity index (χ3v) is 3.88. The van der Waals surface area contributed by atoms with E-state index in [1.165, 1.54) is 44.9 Å². The van der Waals surface area contributed by atoms with Crippen LogP contribution in [0.25, 0.3) is 0 Å². The third-order valence-electron chi connectivity index (χ3n) is 3.88. The Bertz CT molecular complexity index is 227. The summed E-state index contributed by atoms with van der Waals surface area (Å²) in [4.78, 5) is 4.54. The van der Waals surface area contributed by atoms with E-state index >= 15 is 0 Å². The Balaban J connectivity index is 1.76. The molecule has 3 N–H and O–H groups in total. The Morgan fingerprint density at radius 3 is 2.40 bits per heavy atom. The SMILES string of the molecule is CC(NC(N)=NC1CCCC1)C1CCC1. The van der Waals surface area contributed by atoms with Gasteiger partial charge in [0.1, 0.15) is 0 Å². The summed E-state index contributed by atoms with van der Waals surface area (Å²) in [5.41, 5.74) is 5.91. The first-order valence-corrected chi connectivity index (χ1v) is 6.35.